The SMILES string of the molecule is O=CC1(Cc2cccnc2)COC1. The number of hydrogen-bond acceptors (Lipinski definition) is 3. The van der Waals surface area contributed by atoms with E-state index in [2.05, 4.69) is 4.98 Å². The Morgan fingerprint density at radius 2 is 2.46 bits per heavy atom. The van der Waals surface area contributed by atoms with Crippen molar-refractivity contribution in [3.05, 3.63) is 30.1 Å². The molecule has 0 spiro atoms. The second kappa shape index (κ2) is 3.26. The van der Waals surface area contributed by atoms with E-state index in [0.29, 0.717) is 13.2 Å². The molecular weight excluding hydrogens is 166 g/mol. The largest absolute Gasteiger partial charge is 0.379 e. The molecular formula is C10H11NO2. The molecule has 2 rings (SSSR count). The Morgan fingerprint density at radius 1 is 1.62 bits per heavy atom. The molecule has 0 bridgehead atoms. The van der Waals surface area contributed by atoms with Crippen LogP contribution >= 0.6 is 0 Å². The highest BCUT2D eigenvalue weighted by Crippen LogP contribution is 2.28. The summed E-state index contributed by atoms with van der Waals surface area (Å²) in [6.07, 6.45) is 5.27. The summed E-state index contributed by atoms with van der Waals surface area (Å²) in [6, 6.07) is 3.87. The molecule has 1 aliphatic rings. The number of carbonyl (C=O) groups is 1. The summed E-state index contributed by atoms with van der Waals surface area (Å²) >= 11 is 0. The Morgan fingerprint density at radius 3 is 2.92 bits per heavy atom. The van der Waals surface area contributed by atoms with E-state index in [1.807, 2.05) is 12.1 Å². The molecule has 0 aromatic carbocycles. The summed E-state index contributed by atoms with van der Waals surface area (Å²) in [5, 5.41) is 0. The maximum atomic E-state index is 10.8. The first-order valence-corrected chi connectivity index (χ1v) is 4.28. The van der Waals surface area contributed by atoms with Gasteiger partial charge in [0.25, 0.3) is 0 Å². The minimum absolute atomic E-state index is 0.275. The predicted molar refractivity (Wildman–Crippen MR) is 47.3 cm³/mol. The lowest BCUT2D eigenvalue weighted by molar-refractivity contribution is -0.145. The van der Waals surface area contributed by atoms with Gasteiger partial charge in [-0.2, -0.15) is 0 Å². The molecule has 3 heteroatoms. The van der Waals surface area contributed by atoms with Crippen molar-refractivity contribution in [1.29, 1.82) is 0 Å². The highest BCUT2D eigenvalue weighted by molar-refractivity contribution is 5.61. The molecule has 1 aromatic rings. The quantitative estimate of drug-likeness (QED) is 0.642. The third-order valence-corrected chi connectivity index (χ3v) is 2.31. The zero-order valence-electron chi connectivity index (χ0n) is 7.27. The van der Waals surface area contributed by atoms with Crippen molar-refractivity contribution in [3.63, 3.8) is 0 Å². The van der Waals surface area contributed by atoms with Crippen LogP contribution in [0.2, 0.25) is 0 Å². The van der Waals surface area contributed by atoms with Crippen LogP contribution in [-0.2, 0) is 16.0 Å². The van der Waals surface area contributed by atoms with Gasteiger partial charge >= 0.3 is 0 Å². The molecule has 0 saturated carbocycles. The van der Waals surface area contributed by atoms with Gasteiger partial charge in [-0.15, -0.1) is 0 Å². The third kappa shape index (κ3) is 1.60. The van der Waals surface area contributed by atoms with Gasteiger partial charge in [0.2, 0.25) is 0 Å². The molecule has 0 N–H and O–H groups in total. The number of carbonyl (C=O) groups excluding carboxylic acids is 1. The van der Waals surface area contributed by atoms with Crippen molar-refractivity contribution in [2.45, 2.75) is 6.42 Å². The van der Waals surface area contributed by atoms with E-state index in [1.54, 1.807) is 12.4 Å². The molecule has 13 heavy (non-hydrogen) atoms. The van der Waals surface area contributed by atoms with Crippen LogP contribution < -0.4 is 0 Å². The first-order chi connectivity index (χ1) is 6.35. The molecule has 0 aliphatic carbocycles. The van der Waals surface area contributed by atoms with Crippen LogP contribution in [0.3, 0.4) is 0 Å². The van der Waals surface area contributed by atoms with Crippen molar-refractivity contribution in [1.82, 2.24) is 4.98 Å². The Hall–Kier alpha value is -1.22. The molecule has 3 nitrogen and oxygen atoms in total. The fourth-order valence-corrected chi connectivity index (χ4v) is 1.49. The molecule has 1 aliphatic heterocycles. The summed E-state index contributed by atoms with van der Waals surface area (Å²) in [5.74, 6) is 0. The fourth-order valence-electron chi connectivity index (χ4n) is 1.49. The van der Waals surface area contributed by atoms with E-state index in [1.165, 1.54) is 0 Å². The predicted octanol–water partition coefficient (Wildman–Crippen LogP) is 0.840. The third-order valence-electron chi connectivity index (χ3n) is 2.31. The summed E-state index contributed by atoms with van der Waals surface area (Å²) in [5.41, 5.74) is 0.821. The summed E-state index contributed by atoms with van der Waals surface area (Å²) in [4.78, 5) is 14.8. The van der Waals surface area contributed by atoms with Gasteiger partial charge in [0.1, 0.15) is 6.29 Å². The van der Waals surface area contributed by atoms with Gasteiger partial charge in [0, 0.05) is 12.4 Å². The maximum absolute atomic E-state index is 10.8. The van der Waals surface area contributed by atoms with E-state index >= 15 is 0 Å². The molecule has 0 amide bonds. The van der Waals surface area contributed by atoms with Gasteiger partial charge in [-0.25, -0.2) is 0 Å². The summed E-state index contributed by atoms with van der Waals surface area (Å²) in [6.45, 7) is 1.09. The van der Waals surface area contributed by atoms with Crippen LogP contribution in [0.5, 0.6) is 0 Å². The Balaban J connectivity index is 2.09. The monoisotopic (exact) mass is 177 g/mol. The lowest BCUT2D eigenvalue weighted by Crippen LogP contribution is -2.45. The van der Waals surface area contributed by atoms with E-state index in [9.17, 15) is 4.79 Å². The lowest BCUT2D eigenvalue weighted by atomic mass is 9.82. The van der Waals surface area contributed by atoms with Crippen molar-refractivity contribution in [2.75, 3.05) is 13.2 Å². The van der Waals surface area contributed by atoms with Crippen LogP contribution in [0.1, 0.15) is 5.56 Å². The highest BCUT2D eigenvalue weighted by Gasteiger charge is 2.38. The van der Waals surface area contributed by atoms with Crippen LogP contribution in [0, 0.1) is 5.41 Å². The fraction of sp³-hybridized carbons (Fsp3) is 0.400. The number of aldehydes is 1. The number of pyridine rings is 1. The molecule has 2 heterocycles. The van der Waals surface area contributed by atoms with Crippen molar-refractivity contribution >= 4 is 6.29 Å². The normalized spacial score (nSPS) is 19.1. The molecule has 68 valence electrons. The molecule has 1 fully saturated rings. The number of ether oxygens (including phenoxy) is 1. The number of aromatic nitrogens is 1. The van der Waals surface area contributed by atoms with Gasteiger partial charge in [-0.1, -0.05) is 6.07 Å². The molecule has 0 radical (unpaired) electrons. The Labute approximate surface area is 76.7 Å². The topological polar surface area (TPSA) is 39.2 Å². The van der Waals surface area contributed by atoms with E-state index in [4.69, 9.17) is 4.74 Å². The smallest absolute Gasteiger partial charge is 0.131 e. The highest BCUT2D eigenvalue weighted by atomic mass is 16.5. The Bertz CT molecular complexity index is 293. The van der Waals surface area contributed by atoms with Gasteiger partial charge < -0.3 is 9.53 Å². The zero-order chi connectivity index (χ0) is 9.15. The van der Waals surface area contributed by atoms with Gasteiger partial charge in [-0.05, 0) is 18.1 Å². The second-order valence-corrected chi connectivity index (χ2v) is 3.51. The maximum Gasteiger partial charge on any atom is 0.131 e. The Kier molecular flexibility index (Phi) is 2.10. The van der Waals surface area contributed by atoms with Crippen molar-refractivity contribution < 1.29 is 9.53 Å². The van der Waals surface area contributed by atoms with E-state index in [0.717, 1.165) is 18.3 Å². The van der Waals surface area contributed by atoms with Gasteiger partial charge in [0.05, 0.1) is 18.6 Å². The van der Waals surface area contributed by atoms with Crippen LogP contribution in [0.15, 0.2) is 24.5 Å². The molecule has 0 unspecified atom stereocenters. The lowest BCUT2D eigenvalue weighted by Gasteiger charge is -2.36. The molecule has 1 aromatic heterocycles. The average molecular weight is 177 g/mol. The van der Waals surface area contributed by atoms with E-state index < -0.39 is 0 Å². The minimum atomic E-state index is -0.275. The standard InChI is InChI=1S/C10H11NO2/c12-6-10(7-13-8-10)4-9-2-1-3-11-5-9/h1-3,5-6H,4,7-8H2. The van der Waals surface area contributed by atoms with Crippen LogP contribution in [-0.4, -0.2) is 24.5 Å². The van der Waals surface area contributed by atoms with Crippen LogP contribution in [0.25, 0.3) is 0 Å². The molecule has 1 saturated heterocycles. The van der Waals surface area contributed by atoms with E-state index in [-0.39, 0.29) is 5.41 Å². The van der Waals surface area contributed by atoms with Crippen molar-refractivity contribution in [2.24, 2.45) is 5.41 Å². The first-order valence-electron chi connectivity index (χ1n) is 4.28. The summed E-state index contributed by atoms with van der Waals surface area (Å²) < 4.78 is 5.05. The first kappa shape index (κ1) is 8.38. The number of hydrogen-bond donors (Lipinski definition) is 0. The van der Waals surface area contributed by atoms with Crippen molar-refractivity contribution in [3.8, 4) is 0 Å². The zero-order valence-corrected chi connectivity index (χ0v) is 7.27. The minimum Gasteiger partial charge on any atom is -0.379 e. The van der Waals surface area contributed by atoms with Gasteiger partial charge in [0.15, 0.2) is 0 Å². The number of nitrogens with zero attached hydrogens (tertiary/aromatic N) is 1. The molecule has 0 atom stereocenters. The van der Waals surface area contributed by atoms with Crippen LogP contribution in [0.4, 0.5) is 0 Å². The number of rotatable bonds is 3. The second-order valence-electron chi connectivity index (χ2n) is 3.51. The average Bonchev–Trinajstić information content (AvgIpc) is 2.13. The van der Waals surface area contributed by atoms with Gasteiger partial charge in [-0.3, -0.25) is 4.98 Å². The summed E-state index contributed by atoms with van der Waals surface area (Å²) in [7, 11) is 0.